The summed E-state index contributed by atoms with van der Waals surface area (Å²) in [5.74, 6) is 0. The Hall–Kier alpha value is -0.130. The molecule has 1 aliphatic rings. The summed E-state index contributed by atoms with van der Waals surface area (Å²) in [5, 5.41) is 0. The van der Waals surface area contributed by atoms with Gasteiger partial charge in [0, 0.05) is 19.1 Å². The first kappa shape index (κ1) is 13.9. The maximum Gasteiger partial charge on any atom is 0.219 e. The van der Waals surface area contributed by atoms with Crippen LogP contribution in [0, 0.1) is 5.41 Å². The van der Waals surface area contributed by atoms with Crippen molar-refractivity contribution in [1.82, 2.24) is 4.31 Å². The number of hydrogen-bond donors (Lipinski definition) is 1. The molecule has 1 fully saturated rings. The highest BCUT2D eigenvalue weighted by molar-refractivity contribution is 7.90. The van der Waals surface area contributed by atoms with Crippen molar-refractivity contribution in [1.29, 1.82) is 0 Å². The van der Waals surface area contributed by atoms with Crippen molar-refractivity contribution < 1.29 is 8.42 Å². The monoisotopic (exact) mass is 248 g/mol. The van der Waals surface area contributed by atoms with E-state index in [1.54, 1.807) is 25.1 Å². The van der Waals surface area contributed by atoms with Gasteiger partial charge in [-0.3, -0.25) is 0 Å². The van der Waals surface area contributed by atoms with Gasteiger partial charge in [-0.2, -0.15) is 0 Å². The molecule has 1 heterocycles. The molecule has 0 saturated carbocycles. The van der Waals surface area contributed by atoms with Crippen LogP contribution in [0.15, 0.2) is 0 Å². The molecule has 1 saturated heterocycles. The predicted octanol–water partition coefficient (Wildman–Crippen LogP) is 1.17. The lowest BCUT2D eigenvalue weighted by Gasteiger charge is -2.43. The minimum absolute atomic E-state index is 0.0823. The Labute approximate surface area is 99.2 Å². The average Bonchev–Trinajstić information content (AvgIpc) is 2.07. The number of nitrogens with two attached hydrogens (primary N) is 1. The molecular formula is C11H24N2O2S. The number of nitrogens with zero attached hydrogens (tertiary/aromatic N) is 1. The summed E-state index contributed by atoms with van der Waals surface area (Å²) in [6.07, 6.45) is 0.738. The highest BCUT2D eigenvalue weighted by Crippen LogP contribution is 2.32. The van der Waals surface area contributed by atoms with Crippen LogP contribution < -0.4 is 5.73 Å². The van der Waals surface area contributed by atoms with E-state index in [1.807, 2.05) is 13.8 Å². The van der Waals surface area contributed by atoms with E-state index in [1.165, 1.54) is 0 Å². The molecule has 0 radical (unpaired) electrons. The molecule has 1 atom stereocenters. The van der Waals surface area contributed by atoms with Gasteiger partial charge < -0.3 is 5.73 Å². The second-order valence-electron chi connectivity index (χ2n) is 6.33. The van der Waals surface area contributed by atoms with Crippen molar-refractivity contribution in [2.24, 2.45) is 11.1 Å². The molecule has 0 amide bonds. The number of piperidine rings is 1. The molecule has 4 nitrogen and oxygen atoms in total. The van der Waals surface area contributed by atoms with Crippen molar-refractivity contribution in [2.75, 3.05) is 13.1 Å². The van der Waals surface area contributed by atoms with E-state index in [0.717, 1.165) is 6.42 Å². The fourth-order valence-electron chi connectivity index (χ4n) is 1.92. The Kier molecular flexibility index (Phi) is 3.45. The number of hydrogen-bond acceptors (Lipinski definition) is 3. The minimum Gasteiger partial charge on any atom is -0.327 e. The topological polar surface area (TPSA) is 63.4 Å². The lowest BCUT2D eigenvalue weighted by Crippen LogP contribution is -2.56. The number of rotatable bonds is 1. The normalized spacial score (nSPS) is 28.0. The molecule has 5 heteroatoms. The van der Waals surface area contributed by atoms with Crippen LogP contribution in [0.25, 0.3) is 0 Å². The van der Waals surface area contributed by atoms with Crippen LogP contribution in [0.4, 0.5) is 0 Å². The predicted molar refractivity (Wildman–Crippen MR) is 66.6 cm³/mol. The van der Waals surface area contributed by atoms with Gasteiger partial charge in [-0.05, 0) is 32.6 Å². The van der Waals surface area contributed by atoms with Crippen LogP contribution in [0.2, 0.25) is 0 Å². The Morgan fingerprint density at radius 2 is 1.81 bits per heavy atom. The van der Waals surface area contributed by atoms with E-state index >= 15 is 0 Å². The third kappa shape index (κ3) is 2.41. The van der Waals surface area contributed by atoms with Gasteiger partial charge in [0.15, 0.2) is 0 Å². The van der Waals surface area contributed by atoms with Gasteiger partial charge >= 0.3 is 0 Å². The zero-order valence-corrected chi connectivity index (χ0v) is 11.8. The van der Waals surface area contributed by atoms with E-state index < -0.39 is 14.8 Å². The quantitative estimate of drug-likeness (QED) is 0.758. The van der Waals surface area contributed by atoms with E-state index in [9.17, 15) is 8.42 Å². The molecule has 0 aromatic rings. The van der Waals surface area contributed by atoms with Crippen LogP contribution in [0.1, 0.15) is 41.0 Å². The Bertz CT molecular complexity index is 355. The zero-order chi connectivity index (χ0) is 12.8. The van der Waals surface area contributed by atoms with E-state index in [-0.39, 0.29) is 11.5 Å². The fraction of sp³-hybridized carbons (Fsp3) is 1.00. The van der Waals surface area contributed by atoms with Gasteiger partial charge in [-0.15, -0.1) is 0 Å². The standard InChI is InChI=1S/C11H24N2O2S/c1-10(2,3)16(14,15)13-7-6-9(12)11(4,5)8-13/h9H,6-8,12H2,1-5H3. The van der Waals surface area contributed by atoms with Crippen molar-refractivity contribution in [3.8, 4) is 0 Å². The van der Waals surface area contributed by atoms with Gasteiger partial charge in [-0.25, -0.2) is 12.7 Å². The fourth-order valence-corrected chi connectivity index (χ4v) is 3.54. The molecule has 16 heavy (non-hydrogen) atoms. The lowest BCUT2D eigenvalue weighted by atomic mass is 9.81. The maximum atomic E-state index is 12.3. The first-order chi connectivity index (χ1) is 6.98. The van der Waals surface area contributed by atoms with E-state index in [0.29, 0.717) is 13.1 Å². The first-order valence-electron chi connectivity index (χ1n) is 5.74. The molecule has 1 unspecified atom stereocenters. The third-order valence-corrected chi connectivity index (χ3v) is 5.93. The van der Waals surface area contributed by atoms with E-state index in [4.69, 9.17) is 5.73 Å². The third-order valence-electron chi connectivity index (χ3n) is 3.39. The van der Waals surface area contributed by atoms with Gasteiger partial charge in [0.05, 0.1) is 4.75 Å². The highest BCUT2D eigenvalue weighted by Gasteiger charge is 2.42. The van der Waals surface area contributed by atoms with Crippen LogP contribution in [0.5, 0.6) is 0 Å². The summed E-state index contributed by atoms with van der Waals surface area (Å²) in [7, 11) is -3.22. The minimum atomic E-state index is -3.22. The van der Waals surface area contributed by atoms with Gasteiger partial charge in [0.25, 0.3) is 0 Å². The van der Waals surface area contributed by atoms with Crippen LogP contribution in [0.3, 0.4) is 0 Å². The summed E-state index contributed by atoms with van der Waals surface area (Å²) >= 11 is 0. The SMILES string of the molecule is CC1(C)CN(S(=O)(=O)C(C)(C)C)CCC1N. The van der Waals surface area contributed by atoms with Gasteiger partial charge in [0.1, 0.15) is 0 Å². The molecule has 1 rings (SSSR count). The van der Waals surface area contributed by atoms with Crippen molar-refractivity contribution >= 4 is 10.0 Å². The Morgan fingerprint density at radius 3 is 2.19 bits per heavy atom. The van der Waals surface area contributed by atoms with E-state index in [2.05, 4.69) is 0 Å². The van der Waals surface area contributed by atoms with Crippen molar-refractivity contribution in [3.05, 3.63) is 0 Å². The van der Waals surface area contributed by atoms with Crippen molar-refractivity contribution in [2.45, 2.75) is 51.8 Å². The second-order valence-corrected chi connectivity index (χ2v) is 9.03. The summed E-state index contributed by atoms with van der Waals surface area (Å²) in [5.41, 5.74) is 5.86. The molecule has 2 N–H and O–H groups in total. The largest absolute Gasteiger partial charge is 0.327 e. The maximum absolute atomic E-state index is 12.3. The first-order valence-corrected chi connectivity index (χ1v) is 7.18. The molecule has 0 spiro atoms. The van der Waals surface area contributed by atoms with Crippen LogP contribution in [-0.4, -0.2) is 36.6 Å². The summed E-state index contributed by atoms with van der Waals surface area (Å²) < 4.78 is 25.4. The average molecular weight is 248 g/mol. The molecule has 0 aromatic heterocycles. The summed E-state index contributed by atoms with van der Waals surface area (Å²) in [6.45, 7) is 10.3. The Balaban J connectivity index is 2.94. The zero-order valence-electron chi connectivity index (χ0n) is 10.9. The molecule has 0 aromatic carbocycles. The van der Waals surface area contributed by atoms with Crippen LogP contribution >= 0.6 is 0 Å². The second kappa shape index (κ2) is 3.96. The Morgan fingerprint density at radius 1 is 1.31 bits per heavy atom. The van der Waals surface area contributed by atoms with Crippen molar-refractivity contribution in [3.63, 3.8) is 0 Å². The summed E-state index contributed by atoms with van der Waals surface area (Å²) in [4.78, 5) is 0. The molecular weight excluding hydrogens is 224 g/mol. The summed E-state index contributed by atoms with van der Waals surface area (Å²) in [6, 6.07) is 0.0823. The molecule has 96 valence electrons. The molecule has 0 bridgehead atoms. The van der Waals surface area contributed by atoms with Crippen LogP contribution in [-0.2, 0) is 10.0 Å². The highest BCUT2D eigenvalue weighted by atomic mass is 32.2. The van der Waals surface area contributed by atoms with Gasteiger partial charge in [-0.1, -0.05) is 13.8 Å². The smallest absolute Gasteiger partial charge is 0.219 e. The molecule has 1 aliphatic heterocycles. The molecule has 0 aliphatic carbocycles. The number of sulfonamides is 1. The lowest BCUT2D eigenvalue weighted by molar-refractivity contribution is 0.153. The van der Waals surface area contributed by atoms with Gasteiger partial charge in [0.2, 0.25) is 10.0 Å².